The van der Waals surface area contributed by atoms with E-state index in [1.54, 1.807) is 30.5 Å². The number of rotatable bonds is 3. The van der Waals surface area contributed by atoms with Crippen LogP contribution in [-0.4, -0.2) is 5.97 Å². The zero-order valence-electron chi connectivity index (χ0n) is 12.7. The molecule has 1 aromatic heterocycles. The monoisotopic (exact) mass is 336 g/mol. The van der Waals surface area contributed by atoms with Crippen molar-refractivity contribution in [2.45, 2.75) is 6.42 Å². The van der Waals surface area contributed by atoms with E-state index in [1.807, 2.05) is 36.4 Å². The van der Waals surface area contributed by atoms with Crippen LogP contribution in [0.5, 0.6) is 5.75 Å². The number of ether oxygens (including phenoxy) is 1. The summed E-state index contributed by atoms with van der Waals surface area (Å²) in [5, 5.41) is 3.65. The standard InChI is InChI=1S/C20H13ClO3/c21-15-5-3-6-16(11-15)24-19(22)10-14-12-23-18-9-8-13-4-1-2-7-17(13)20(14)18/h1-9,11-12H,10H2. The van der Waals surface area contributed by atoms with Gasteiger partial charge in [0.25, 0.3) is 0 Å². The third-order valence-electron chi connectivity index (χ3n) is 3.90. The fourth-order valence-corrected chi connectivity index (χ4v) is 3.04. The van der Waals surface area contributed by atoms with Gasteiger partial charge in [-0.25, -0.2) is 0 Å². The first kappa shape index (κ1) is 14.8. The second-order valence-corrected chi connectivity index (χ2v) is 5.97. The van der Waals surface area contributed by atoms with Crippen LogP contribution in [0.25, 0.3) is 21.7 Å². The summed E-state index contributed by atoms with van der Waals surface area (Å²) in [6.45, 7) is 0. The third kappa shape index (κ3) is 2.74. The van der Waals surface area contributed by atoms with Crippen LogP contribution in [0.3, 0.4) is 0 Å². The topological polar surface area (TPSA) is 39.4 Å². The highest BCUT2D eigenvalue weighted by molar-refractivity contribution is 6.30. The van der Waals surface area contributed by atoms with E-state index in [0.717, 1.165) is 27.3 Å². The molecule has 0 radical (unpaired) electrons. The van der Waals surface area contributed by atoms with E-state index < -0.39 is 0 Å². The second-order valence-electron chi connectivity index (χ2n) is 5.53. The van der Waals surface area contributed by atoms with Gasteiger partial charge in [-0.05, 0) is 35.0 Å². The molecule has 4 heteroatoms. The molecule has 0 aliphatic rings. The molecule has 0 spiro atoms. The Balaban J connectivity index is 1.67. The van der Waals surface area contributed by atoms with Crippen molar-refractivity contribution in [1.29, 1.82) is 0 Å². The number of hydrogen-bond donors (Lipinski definition) is 0. The summed E-state index contributed by atoms with van der Waals surface area (Å²) in [6.07, 6.45) is 1.75. The predicted octanol–water partition coefficient (Wildman–Crippen LogP) is 5.39. The van der Waals surface area contributed by atoms with Gasteiger partial charge in [0.15, 0.2) is 0 Å². The van der Waals surface area contributed by atoms with Crippen LogP contribution in [0.2, 0.25) is 5.02 Å². The number of hydrogen-bond acceptors (Lipinski definition) is 3. The summed E-state index contributed by atoms with van der Waals surface area (Å²) < 4.78 is 11.0. The molecule has 0 saturated carbocycles. The second kappa shape index (κ2) is 6.02. The number of benzene rings is 3. The molecular formula is C20H13ClO3. The fourth-order valence-electron chi connectivity index (χ4n) is 2.86. The summed E-state index contributed by atoms with van der Waals surface area (Å²) in [4.78, 5) is 12.3. The van der Waals surface area contributed by atoms with E-state index in [9.17, 15) is 4.79 Å². The molecule has 0 atom stereocenters. The lowest BCUT2D eigenvalue weighted by atomic mass is 10.0. The van der Waals surface area contributed by atoms with Gasteiger partial charge in [0.2, 0.25) is 0 Å². The van der Waals surface area contributed by atoms with Crippen LogP contribution in [0, 0.1) is 0 Å². The van der Waals surface area contributed by atoms with E-state index >= 15 is 0 Å². The van der Waals surface area contributed by atoms with Gasteiger partial charge >= 0.3 is 5.97 Å². The largest absolute Gasteiger partial charge is 0.464 e. The highest BCUT2D eigenvalue weighted by Gasteiger charge is 2.14. The maximum Gasteiger partial charge on any atom is 0.315 e. The summed E-state index contributed by atoms with van der Waals surface area (Å²) in [5.74, 6) is 0.0815. The van der Waals surface area contributed by atoms with Crippen molar-refractivity contribution >= 4 is 39.3 Å². The quantitative estimate of drug-likeness (QED) is 0.372. The van der Waals surface area contributed by atoms with Crippen molar-refractivity contribution < 1.29 is 13.9 Å². The Kier molecular flexibility index (Phi) is 3.71. The van der Waals surface area contributed by atoms with Crippen LogP contribution in [0.15, 0.2) is 71.3 Å². The smallest absolute Gasteiger partial charge is 0.315 e. The molecule has 1 heterocycles. The summed E-state index contributed by atoms with van der Waals surface area (Å²) in [5.41, 5.74) is 1.58. The van der Waals surface area contributed by atoms with E-state index in [-0.39, 0.29) is 12.4 Å². The van der Waals surface area contributed by atoms with Gasteiger partial charge in [-0.1, -0.05) is 48.0 Å². The number of halogens is 1. The molecule has 0 aliphatic heterocycles. The molecule has 3 aromatic carbocycles. The van der Waals surface area contributed by atoms with E-state index in [2.05, 4.69) is 0 Å². The fraction of sp³-hybridized carbons (Fsp3) is 0.0500. The maximum absolute atomic E-state index is 12.3. The average Bonchev–Trinajstić information content (AvgIpc) is 2.98. The lowest BCUT2D eigenvalue weighted by molar-refractivity contribution is -0.133. The van der Waals surface area contributed by atoms with Gasteiger partial charge in [-0.15, -0.1) is 0 Å². The molecule has 3 nitrogen and oxygen atoms in total. The Morgan fingerprint density at radius 3 is 2.79 bits per heavy atom. The van der Waals surface area contributed by atoms with Crippen LogP contribution >= 0.6 is 11.6 Å². The van der Waals surface area contributed by atoms with Gasteiger partial charge in [-0.2, -0.15) is 0 Å². The Hall–Kier alpha value is -2.78. The van der Waals surface area contributed by atoms with Crippen LogP contribution in [-0.2, 0) is 11.2 Å². The SMILES string of the molecule is O=C(Cc1coc2ccc3ccccc3c12)Oc1cccc(Cl)c1. The predicted molar refractivity (Wildman–Crippen MR) is 94.5 cm³/mol. The molecule has 0 amide bonds. The summed E-state index contributed by atoms with van der Waals surface area (Å²) in [7, 11) is 0. The van der Waals surface area contributed by atoms with E-state index in [1.165, 1.54) is 0 Å². The Morgan fingerprint density at radius 1 is 1.04 bits per heavy atom. The molecule has 0 saturated heterocycles. The van der Waals surface area contributed by atoms with E-state index in [0.29, 0.717) is 10.8 Å². The Labute approximate surface area is 143 Å². The minimum atomic E-state index is -0.354. The first-order valence-corrected chi connectivity index (χ1v) is 7.92. The van der Waals surface area contributed by atoms with Crippen molar-refractivity contribution in [2.75, 3.05) is 0 Å². The minimum absolute atomic E-state index is 0.132. The molecule has 24 heavy (non-hydrogen) atoms. The minimum Gasteiger partial charge on any atom is -0.464 e. The van der Waals surface area contributed by atoms with Gasteiger partial charge < -0.3 is 9.15 Å². The zero-order valence-corrected chi connectivity index (χ0v) is 13.4. The first-order valence-electron chi connectivity index (χ1n) is 7.55. The van der Waals surface area contributed by atoms with Crippen molar-refractivity contribution in [3.8, 4) is 5.75 Å². The maximum atomic E-state index is 12.3. The number of esters is 1. The van der Waals surface area contributed by atoms with Gasteiger partial charge in [0.05, 0.1) is 12.7 Å². The zero-order chi connectivity index (χ0) is 16.5. The van der Waals surface area contributed by atoms with Crippen molar-refractivity contribution in [3.05, 3.63) is 77.5 Å². The summed E-state index contributed by atoms with van der Waals surface area (Å²) in [6, 6.07) is 18.7. The third-order valence-corrected chi connectivity index (χ3v) is 4.14. The average molecular weight is 337 g/mol. The number of carbonyl (C=O) groups excluding carboxylic acids is 1. The van der Waals surface area contributed by atoms with Gasteiger partial charge in [0, 0.05) is 16.0 Å². The number of carbonyl (C=O) groups is 1. The number of furan rings is 1. The lowest BCUT2D eigenvalue weighted by Gasteiger charge is -2.05. The lowest BCUT2D eigenvalue weighted by Crippen LogP contribution is -2.10. The highest BCUT2D eigenvalue weighted by Crippen LogP contribution is 2.30. The first-order chi connectivity index (χ1) is 11.7. The molecule has 4 rings (SSSR count). The van der Waals surface area contributed by atoms with Crippen molar-refractivity contribution in [2.24, 2.45) is 0 Å². The molecule has 0 bridgehead atoms. The molecular weight excluding hydrogens is 324 g/mol. The molecule has 0 unspecified atom stereocenters. The van der Waals surface area contributed by atoms with Crippen molar-refractivity contribution in [1.82, 2.24) is 0 Å². The molecule has 0 N–H and O–H groups in total. The molecule has 0 aliphatic carbocycles. The normalized spacial score (nSPS) is 11.0. The molecule has 4 aromatic rings. The molecule has 0 fully saturated rings. The Morgan fingerprint density at radius 2 is 1.92 bits per heavy atom. The molecule has 118 valence electrons. The Bertz CT molecular complexity index is 1050. The highest BCUT2D eigenvalue weighted by atomic mass is 35.5. The number of fused-ring (bicyclic) bond motifs is 3. The van der Waals surface area contributed by atoms with Gasteiger partial charge in [0.1, 0.15) is 11.3 Å². The van der Waals surface area contributed by atoms with Gasteiger partial charge in [-0.3, -0.25) is 4.79 Å². The van der Waals surface area contributed by atoms with Crippen LogP contribution < -0.4 is 4.74 Å². The van der Waals surface area contributed by atoms with Crippen LogP contribution in [0.4, 0.5) is 0 Å². The van der Waals surface area contributed by atoms with Crippen LogP contribution in [0.1, 0.15) is 5.56 Å². The van der Waals surface area contributed by atoms with E-state index in [4.69, 9.17) is 20.8 Å². The van der Waals surface area contributed by atoms with Crippen molar-refractivity contribution in [3.63, 3.8) is 0 Å². The summed E-state index contributed by atoms with van der Waals surface area (Å²) >= 11 is 5.91.